The van der Waals surface area contributed by atoms with Crippen molar-refractivity contribution in [1.82, 2.24) is 9.97 Å². The lowest BCUT2D eigenvalue weighted by molar-refractivity contribution is -0.150. The summed E-state index contributed by atoms with van der Waals surface area (Å²) in [6.45, 7) is 5.68. The van der Waals surface area contributed by atoms with Crippen molar-refractivity contribution in [2.24, 2.45) is 0 Å². The molecule has 0 unspecified atom stereocenters. The van der Waals surface area contributed by atoms with Crippen molar-refractivity contribution in [3.63, 3.8) is 0 Å². The van der Waals surface area contributed by atoms with Gasteiger partial charge in [-0.1, -0.05) is 43.8 Å². The number of carbonyl (C=O) groups is 2. The Balaban J connectivity index is 1.55. The molecular formula is C20H21N3O3S2. The Hall–Kier alpha value is -2.45. The minimum absolute atomic E-state index is 0.0716. The van der Waals surface area contributed by atoms with Crippen molar-refractivity contribution < 1.29 is 14.3 Å². The number of fused-ring (bicyclic) bond motifs is 1. The summed E-state index contributed by atoms with van der Waals surface area (Å²) < 4.78 is 5.29. The predicted octanol–water partition coefficient (Wildman–Crippen LogP) is 4.48. The maximum absolute atomic E-state index is 12.4. The van der Waals surface area contributed by atoms with Crippen LogP contribution < -0.4 is 5.32 Å². The van der Waals surface area contributed by atoms with Crippen molar-refractivity contribution in [2.45, 2.75) is 37.8 Å². The van der Waals surface area contributed by atoms with Crippen LogP contribution in [0.25, 0.3) is 10.2 Å². The van der Waals surface area contributed by atoms with E-state index in [-0.39, 0.29) is 17.6 Å². The summed E-state index contributed by atoms with van der Waals surface area (Å²) >= 11 is 2.80. The third-order valence-electron chi connectivity index (χ3n) is 4.07. The number of anilines is 1. The molecule has 0 radical (unpaired) electrons. The van der Waals surface area contributed by atoms with Gasteiger partial charge in [0.25, 0.3) is 5.91 Å². The molecule has 6 nitrogen and oxygen atoms in total. The quantitative estimate of drug-likeness (QED) is 0.348. The second kappa shape index (κ2) is 9.16. The van der Waals surface area contributed by atoms with Crippen LogP contribution in [-0.4, -0.2) is 33.7 Å². The third kappa shape index (κ3) is 4.88. The maximum Gasteiger partial charge on any atom is 0.317 e. The monoisotopic (exact) mass is 415 g/mol. The normalized spacial score (nSPS) is 12.1. The first kappa shape index (κ1) is 20.3. The summed E-state index contributed by atoms with van der Waals surface area (Å²) in [5.74, 6) is -0.477. The molecule has 0 aliphatic carbocycles. The van der Waals surface area contributed by atoms with Crippen LogP contribution in [0.4, 0.5) is 5.69 Å². The van der Waals surface area contributed by atoms with Gasteiger partial charge >= 0.3 is 5.97 Å². The van der Waals surface area contributed by atoms with E-state index < -0.39 is 12.1 Å². The number of thiophene rings is 1. The van der Waals surface area contributed by atoms with Gasteiger partial charge in [0.1, 0.15) is 16.2 Å². The molecule has 1 N–H and O–H groups in total. The molecule has 3 rings (SSSR count). The van der Waals surface area contributed by atoms with E-state index in [2.05, 4.69) is 29.1 Å². The number of para-hydroxylation sites is 1. The van der Waals surface area contributed by atoms with E-state index in [1.54, 1.807) is 6.92 Å². The molecule has 1 amide bonds. The van der Waals surface area contributed by atoms with Gasteiger partial charge in [-0.2, -0.15) is 0 Å². The zero-order chi connectivity index (χ0) is 20.1. The highest BCUT2D eigenvalue weighted by molar-refractivity contribution is 8.00. The standard InChI is InChI=1S/C20H21N3O3S2/c1-12(2)14-6-4-5-7-16(14)23-18(25)13(3)26-17(24)10-28-20-15-8-9-27-19(15)21-11-22-20/h4-9,11-13H,10H2,1-3H3,(H,23,25)/t13-/m1/s1. The number of nitrogens with one attached hydrogen (secondary N) is 1. The molecule has 146 valence electrons. The van der Waals surface area contributed by atoms with Crippen LogP contribution in [0.3, 0.4) is 0 Å². The second-order valence-electron chi connectivity index (χ2n) is 6.47. The highest BCUT2D eigenvalue weighted by atomic mass is 32.2. The van der Waals surface area contributed by atoms with Gasteiger partial charge in [-0.3, -0.25) is 9.59 Å². The van der Waals surface area contributed by atoms with Crippen LogP contribution in [0.1, 0.15) is 32.3 Å². The predicted molar refractivity (Wildman–Crippen MR) is 113 cm³/mol. The molecule has 2 aromatic heterocycles. The molecule has 0 saturated carbocycles. The van der Waals surface area contributed by atoms with Gasteiger partial charge in [0.2, 0.25) is 0 Å². The Morgan fingerprint density at radius 1 is 1.18 bits per heavy atom. The summed E-state index contributed by atoms with van der Waals surface area (Å²) in [6, 6.07) is 9.54. The number of thioether (sulfide) groups is 1. The molecule has 0 aliphatic heterocycles. The number of rotatable bonds is 7. The Labute approximate surface area is 171 Å². The van der Waals surface area contributed by atoms with Crippen LogP contribution in [0.5, 0.6) is 0 Å². The summed E-state index contributed by atoms with van der Waals surface area (Å²) in [6.07, 6.45) is 0.592. The first-order valence-corrected chi connectivity index (χ1v) is 10.7. The van der Waals surface area contributed by atoms with Crippen LogP contribution in [0.15, 0.2) is 47.1 Å². The average Bonchev–Trinajstić information content (AvgIpc) is 3.16. The third-order valence-corrected chi connectivity index (χ3v) is 5.87. The summed E-state index contributed by atoms with van der Waals surface area (Å²) in [7, 11) is 0. The number of benzene rings is 1. The molecule has 0 spiro atoms. The van der Waals surface area contributed by atoms with Crippen molar-refractivity contribution in [3.8, 4) is 0 Å². The molecule has 1 aromatic carbocycles. The van der Waals surface area contributed by atoms with Crippen LogP contribution in [0, 0.1) is 0 Å². The minimum Gasteiger partial charge on any atom is -0.452 e. The van der Waals surface area contributed by atoms with Gasteiger partial charge in [-0.25, -0.2) is 9.97 Å². The second-order valence-corrected chi connectivity index (χ2v) is 8.33. The van der Waals surface area contributed by atoms with E-state index in [0.29, 0.717) is 0 Å². The molecule has 0 bridgehead atoms. The van der Waals surface area contributed by atoms with Crippen molar-refractivity contribution in [2.75, 3.05) is 11.1 Å². The summed E-state index contributed by atoms with van der Waals surface area (Å²) in [5, 5.41) is 6.43. The first-order valence-electron chi connectivity index (χ1n) is 8.86. The van der Waals surface area contributed by atoms with E-state index in [1.165, 1.54) is 29.4 Å². The maximum atomic E-state index is 12.4. The lowest BCUT2D eigenvalue weighted by Crippen LogP contribution is -2.30. The van der Waals surface area contributed by atoms with Crippen molar-refractivity contribution in [3.05, 3.63) is 47.6 Å². The number of hydrogen-bond acceptors (Lipinski definition) is 7. The number of esters is 1. The fraction of sp³-hybridized carbons (Fsp3) is 0.300. The van der Waals surface area contributed by atoms with Gasteiger partial charge in [-0.15, -0.1) is 11.3 Å². The largest absolute Gasteiger partial charge is 0.452 e. The molecule has 0 aliphatic rings. The fourth-order valence-electron chi connectivity index (χ4n) is 2.64. The highest BCUT2D eigenvalue weighted by Gasteiger charge is 2.20. The van der Waals surface area contributed by atoms with Crippen LogP contribution in [0.2, 0.25) is 0 Å². The number of hydrogen-bond donors (Lipinski definition) is 1. The molecule has 3 aromatic rings. The number of ether oxygens (including phenoxy) is 1. The molecular weight excluding hydrogens is 394 g/mol. The van der Waals surface area contributed by atoms with Crippen LogP contribution >= 0.6 is 23.1 Å². The lowest BCUT2D eigenvalue weighted by atomic mass is 10.0. The smallest absolute Gasteiger partial charge is 0.317 e. The zero-order valence-corrected chi connectivity index (χ0v) is 17.5. The highest BCUT2D eigenvalue weighted by Crippen LogP contribution is 2.28. The van der Waals surface area contributed by atoms with Gasteiger partial charge < -0.3 is 10.1 Å². The van der Waals surface area contributed by atoms with E-state index >= 15 is 0 Å². The molecule has 0 fully saturated rings. The summed E-state index contributed by atoms with van der Waals surface area (Å²) in [4.78, 5) is 33.9. The molecule has 8 heteroatoms. The van der Waals surface area contributed by atoms with E-state index in [9.17, 15) is 9.59 Å². The zero-order valence-electron chi connectivity index (χ0n) is 15.8. The summed E-state index contributed by atoms with van der Waals surface area (Å²) in [5.41, 5.74) is 1.77. The van der Waals surface area contributed by atoms with E-state index in [0.717, 1.165) is 26.5 Å². The molecule has 0 saturated heterocycles. The van der Waals surface area contributed by atoms with Gasteiger partial charge in [0.15, 0.2) is 6.10 Å². The van der Waals surface area contributed by atoms with Gasteiger partial charge in [0, 0.05) is 11.1 Å². The fourth-order valence-corrected chi connectivity index (χ4v) is 4.20. The van der Waals surface area contributed by atoms with E-state index in [4.69, 9.17) is 4.74 Å². The van der Waals surface area contributed by atoms with Gasteiger partial charge in [0.05, 0.1) is 5.75 Å². The number of nitrogens with zero attached hydrogens (tertiary/aromatic N) is 2. The molecule has 2 heterocycles. The minimum atomic E-state index is -0.889. The Bertz CT molecular complexity index is 987. The Kier molecular flexibility index (Phi) is 6.64. The number of amides is 1. The van der Waals surface area contributed by atoms with E-state index in [1.807, 2.05) is 35.7 Å². The molecule has 1 atom stereocenters. The van der Waals surface area contributed by atoms with Gasteiger partial charge in [-0.05, 0) is 35.9 Å². The lowest BCUT2D eigenvalue weighted by Gasteiger charge is -2.17. The first-order chi connectivity index (χ1) is 13.5. The Morgan fingerprint density at radius 2 is 1.96 bits per heavy atom. The number of carbonyl (C=O) groups excluding carboxylic acids is 2. The average molecular weight is 416 g/mol. The van der Waals surface area contributed by atoms with Crippen molar-refractivity contribution in [1.29, 1.82) is 0 Å². The topological polar surface area (TPSA) is 81.2 Å². The Morgan fingerprint density at radius 3 is 2.75 bits per heavy atom. The number of aromatic nitrogens is 2. The SMILES string of the molecule is CC(C)c1ccccc1NC(=O)[C@@H](C)OC(=O)CSc1ncnc2sccc12. The van der Waals surface area contributed by atoms with Crippen molar-refractivity contribution >= 4 is 50.9 Å². The van der Waals surface area contributed by atoms with Crippen LogP contribution in [-0.2, 0) is 14.3 Å². The molecule has 28 heavy (non-hydrogen) atoms.